The molecule has 1 aliphatic rings. The van der Waals surface area contributed by atoms with Gasteiger partial charge in [-0.15, -0.1) is 12.4 Å². The highest BCUT2D eigenvalue weighted by atomic mass is 35.5. The second-order valence-electron chi connectivity index (χ2n) is 5.39. The van der Waals surface area contributed by atoms with Crippen molar-refractivity contribution >= 4 is 22.4 Å². The second kappa shape index (κ2) is 9.16. The number of rotatable bonds is 7. The molecule has 0 aliphatic carbocycles. The van der Waals surface area contributed by atoms with E-state index in [1.165, 1.54) is 0 Å². The Labute approximate surface area is 124 Å². The van der Waals surface area contributed by atoms with Crippen LogP contribution in [0.5, 0.6) is 0 Å². The molecule has 1 N–H and O–H groups in total. The average Bonchev–Trinajstić information content (AvgIpc) is 2.37. The highest BCUT2D eigenvalue weighted by Gasteiger charge is 2.29. The Hall–Kier alpha value is 0.160. The summed E-state index contributed by atoms with van der Waals surface area (Å²) in [6, 6.07) is 0. The summed E-state index contributed by atoms with van der Waals surface area (Å²) in [7, 11) is -1.12. The fraction of sp³-hybridized carbons (Fsp3) is 1.00. The number of hydrogen-bond acceptors (Lipinski definition) is 3. The van der Waals surface area contributed by atoms with Gasteiger partial charge in [0, 0.05) is 13.1 Å². The summed E-state index contributed by atoms with van der Waals surface area (Å²) in [6.07, 6.45) is 4.03. The van der Waals surface area contributed by atoms with E-state index in [2.05, 4.69) is 19.2 Å². The van der Waals surface area contributed by atoms with Gasteiger partial charge in [-0.1, -0.05) is 26.7 Å². The maximum atomic E-state index is 12.4. The topological polar surface area (TPSA) is 49.4 Å². The van der Waals surface area contributed by atoms with E-state index in [1.807, 2.05) is 7.05 Å². The lowest BCUT2D eigenvalue weighted by Crippen LogP contribution is -2.44. The van der Waals surface area contributed by atoms with Crippen molar-refractivity contribution in [2.45, 2.75) is 39.5 Å². The van der Waals surface area contributed by atoms with Crippen molar-refractivity contribution < 1.29 is 8.42 Å². The van der Waals surface area contributed by atoms with Crippen LogP contribution in [0.3, 0.4) is 0 Å². The number of nitrogens with one attached hydrogen (secondary N) is 1. The molecule has 4 nitrogen and oxygen atoms in total. The first-order valence-corrected chi connectivity index (χ1v) is 8.76. The Balaban J connectivity index is 0.00000324. The lowest BCUT2D eigenvalue weighted by Gasteiger charge is -2.32. The zero-order valence-corrected chi connectivity index (χ0v) is 14.0. The maximum Gasteiger partial charge on any atom is 0.214 e. The molecule has 0 amide bonds. The Bertz CT molecular complexity index is 330. The standard InChI is InChI=1S/C13H28N2O2S.ClH/c1-4-12(5-2)11-18(16,17)15-8-6-7-13(10-15)9-14-3;/h12-14H,4-11H2,1-3H3;1H. The zero-order valence-electron chi connectivity index (χ0n) is 12.4. The summed E-state index contributed by atoms with van der Waals surface area (Å²) in [5, 5.41) is 3.15. The Morgan fingerprint density at radius 1 is 1.32 bits per heavy atom. The van der Waals surface area contributed by atoms with Crippen molar-refractivity contribution in [3.05, 3.63) is 0 Å². The highest BCUT2D eigenvalue weighted by molar-refractivity contribution is 7.89. The van der Waals surface area contributed by atoms with E-state index in [1.54, 1.807) is 4.31 Å². The van der Waals surface area contributed by atoms with Crippen LogP contribution in [0.25, 0.3) is 0 Å². The maximum absolute atomic E-state index is 12.4. The van der Waals surface area contributed by atoms with Gasteiger partial charge < -0.3 is 5.32 Å². The van der Waals surface area contributed by atoms with Crippen molar-refractivity contribution in [3.63, 3.8) is 0 Å². The molecule has 1 fully saturated rings. The fourth-order valence-corrected chi connectivity index (χ4v) is 4.79. The normalized spacial score (nSPS) is 21.4. The summed E-state index contributed by atoms with van der Waals surface area (Å²) in [5.74, 6) is 1.10. The first kappa shape index (κ1) is 19.2. The summed E-state index contributed by atoms with van der Waals surface area (Å²) in [4.78, 5) is 0. The predicted molar refractivity (Wildman–Crippen MR) is 83.3 cm³/mol. The van der Waals surface area contributed by atoms with Gasteiger partial charge >= 0.3 is 0 Å². The van der Waals surface area contributed by atoms with E-state index in [0.29, 0.717) is 30.7 Å². The van der Waals surface area contributed by atoms with Crippen LogP contribution in [0.4, 0.5) is 0 Å². The van der Waals surface area contributed by atoms with E-state index in [-0.39, 0.29) is 12.4 Å². The quantitative estimate of drug-likeness (QED) is 0.783. The molecule has 1 atom stereocenters. The van der Waals surface area contributed by atoms with Gasteiger partial charge in [0.1, 0.15) is 0 Å². The average molecular weight is 313 g/mol. The predicted octanol–water partition coefficient (Wildman–Crippen LogP) is 2.11. The van der Waals surface area contributed by atoms with E-state index in [9.17, 15) is 8.42 Å². The van der Waals surface area contributed by atoms with E-state index in [4.69, 9.17) is 0 Å². The van der Waals surface area contributed by atoms with Gasteiger partial charge in [-0.25, -0.2) is 12.7 Å². The summed E-state index contributed by atoms with van der Waals surface area (Å²) in [6.45, 7) is 6.47. The Morgan fingerprint density at radius 3 is 2.47 bits per heavy atom. The monoisotopic (exact) mass is 312 g/mol. The van der Waals surface area contributed by atoms with Crippen LogP contribution in [-0.4, -0.2) is 45.2 Å². The van der Waals surface area contributed by atoms with Crippen LogP contribution in [-0.2, 0) is 10.0 Å². The van der Waals surface area contributed by atoms with Crippen LogP contribution >= 0.6 is 12.4 Å². The molecular weight excluding hydrogens is 284 g/mol. The van der Waals surface area contributed by atoms with Gasteiger partial charge in [0.2, 0.25) is 10.0 Å². The third-order valence-corrected chi connectivity index (χ3v) is 5.98. The fourth-order valence-electron chi connectivity index (χ4n) is 2.66. The van der Waals surface area contributed by atoms with Gasteiger partial charge in [-0.2, -0.15) is 0 Å². The summed E-state index contributed by atoms with van der Waals surface area (Å²) < 4.78 is 26.5. The number of hydrogen-bond donors (Lipinski definition) is 1. The molecule has 0 bridgehead atoms. The molecule has 19 heavy (non-hydrogen) atoms. The molecule has 1 aliphatic heterocycles. The second-order valence-corrected chi connectivity index (χ2v) is 7.40. The van der Waals surface area contributed by atoms with Crippen molar-refractivity contribution in [1.82, 2.24) is 9.62 Å². The third kappa shape index (κ3) is 5.98. The lowest BCUT2D eigenvalue weighted by atomic mass is 10.00. The SMILES string of the molecule is CCC(CC)CS(=O)(=O)N1CCCC(CNC)C1.Cl. The third-order valence-electron chi connectivity index (χ3n) is 3.97. The van der Waals surface area contributed by atoms with Gasteiger partial charge in [0.15, 0.2) is 0 Å². The molecule has 0 aromatic rings. The highest BCUT2D eigenvalue weighted by Crippen LogP contribution is 2.21. The molecule has 1 heterocycles. The number of nitrogens with zero attached hydrogens (tertiary/aromatic N) is 1. The van der Waals surface area contributed by atoms with Crippen molar-refractivity contribution in [1.29, 1.82) is 0 Å². The number of halogens is 1. The Kier molecular flexibility index (Phi) is 9.24. The smallest absolute Gasteiger partial charge is 0.214 e. The first-order chi connectivity index (χ1) is 8.53. The van der Waals surface area contributed by atoms with Gasteiger partial charge in [0.25, 0.3) is 0 Å². The Morgan fingerprint density at radius 2 is 1.95 bits per heavy atom. The van der Waals surface area contributed by atoms with Crippen molar-refractivity contribution in [2.75, 3.05) is 32.4 Å². The largest absolute Gasteiger partial charge is 0.319 e. The van der Waals surface area contributed by atoms with Crippen molar-refractivity contribution in [3.8, 4) is 0 Å². The molecule has 0 aromatic heterocycles. The van der Waals surface area contributed by atoms with E-state index < -0.39 is 10.0 Å². The molecule has 1 rings (SSSR count). The molecule has 1 saturated heterocycles. The van der Waals surface area contributed by atoms with Crippen molar-refractivity contribution in [2.24, 2.45) is 11.8 Å². The minimum Gasteiger partial charge on any atom is -0.319 e. The molecule has 0 radical (unpaired) electrons. The molecular formula is C13H29ClN2O2S. The lowest BCUT2D eigenvalue weighted by molar-refractivity contribution is 0.262. The van der Waals surface area contributed by atoms with Gasteiger partial charge in [0.05, 0.1) is 5.75 Å². The van der Waals surface area contributed by atoms with Crippen LogP contribution in [0.1, 0.15) is 39.5 Å². The summed E-state index contributed by atoms with van der Waals surface area (Å²) in [5.41, 5.74) is 0. The number of sulfonamides is 1. The molecule has 0 aromatic carbocycles. The number of piperidine rings is 1. The first-order valence-electron chi connectivity index (χ1n) is 7.15. The molecule has 0 spiro atoms. The van der Waals surface area contributed by atoms with Gasteiger partial charge in [-0.05, 0) is 38.3 Å². The molecule has 1 unspecified atom stereocenters. The van der Waals surface area contributed by atoms with Crippen LogP contribution in [0, 0.1) is 11.8 Å². The minimum atomic E-state index is -3.05. The van der Waals surface area contributed by atoms with Crippen LogP contribution in [0.2, 0.25) is 0 Å². The molecule has 116 valence electrons. The molecule has 0 saturated carbocycles. The zero-order chi connectivity index (χ0) is 13.6. The molecule has 6 heteroatoms. The van der Waals surface area contributed by atoms with Gasteiger partial charge in [-0.3, -0.25) is 0 Å². The van der Waals surface area contributed by atoms with E-state index in [0.717, 1.165) is 32.2 Å². The summed E-state index contributed by atoms with van der Waals surface area (Å²) >= 11 is 0. The van der Waals surface area contributed by atoms with Crippen LogP contribution < -0.4 is 5.32 Å². The van der Waals surface area contributed by atoms with Crippen LogP contribution in [0.15, 0.2) is 0 Å². The van der Waals surface area contributed by atoms with E-state index >= 15 is 0 Å². The minimum absolute atomic E-state index is 0.